The van der Waals surface area contributed by atoms with E-state index < -0.39 is 6.09 Å². The highest BCUT2D eigenvalue weighted by atomic mass is 16.6. The Morgan fingerprint density at radius 3 is 2.67 bits per heavy atom. The van der Waals surface area contributed by atoms with Crippen LogP contribution in [0, 0.1) is 0 Å². The smallest absolute Gasteiger partial charge is 0.410 e. The van der Waals surface area contributed by atoms with E-state index in [1.165, 1.54) is 13.2 Å². The number of hydrogen-bond donors (Lipinski definition) is 2. The van der Waals surface area contributed by atoms with Gasteiger partial charge < -0.3 is 30.2 Å². The Morgan fingerprint density at radius 2 is 2.07 bits per heavy atom. The Bertz CT molecular complexity index is 689. The van der Waals surface area contributed by atoms with E-state index in [0.717, 1.165) is 45.5 Å². The number of anilines is 2. The summed E-state index contributed by atoms with van der Waals surface area (Å²) in [5.74, 6) is 0.0707. The van der Waals surface area contributed by atoms with Crippen LogP contribution in [0.1, 0.15) is 0 Å². The molecule has 0 spiro atoms. The van der Waals surface area contributed by atoms with Crippen molar-refractivity contribution < 1.29 is 23.8 Å². The van der Waals surface area contributed by atoms with E-state index in [4.69, 9.17) is 19.9 Å². The maximum absolute atomic E-state index is 11.8. The number of rotatable bonds is 8. The minimum Gasteiger partial charge on any atom is -0.493 e. The van der Waals surface area contributed by atoms with E-state index in [2.05, 4.69) is 16.8 Å². The zero-order valence-electron chi connectivity index (χ0n) is 15.7. The average Bonchev–Trinajstić information content (AvgIpc) is 2.66. The monoisotopic (exact) mass is 378 g/mol. The van der Waals surface area contributed by atoms with Crippen molar-refractivity contribution in [2.45, 2.75) is 0 Å². The van der Waals surface area contributed by atoms with Crippen molar-refractivity contribution in [3.05, 3.63) is 24.8 Å². The molecule has 1 aliphatic heterocycles. The Hall–Kier alpha value is -2.78. The lowest BCUT2D eigenvalue weighted by atomic mass is 10.2. The quantitative estimate of drug-likeness (QED) is 0.651. The van der Waals surface area contributed by atoms with Crippen LogP contribution in [-0.4, -0.2) is 70.5 Å². The first kappa shape index (κ1) is 20.5. The molecule has 0 atom stereocenters. The number of nitrogens with two attached hydrogens (primary N) is 1. The van der Waals surface area contributed by atoms with Gasteiger partial charge in [-0.3, -0.25) is 9.69 Å². The second-order valence-corrected chi connectivity index (χ2v) is 6.01. The van der Waals surface area contributed by atoms with E-state index >= 15 is 0 Å². The van der Waals surface area contributed by atoms with Crippen LogP contribution >= 0.6 is 0 Å². The molecule has 2 amide bonds. The van der Waals surface area contributed by atoms with E-state index in [1.807, 2.05) is 11.9 Å². The van der Waals surface area contributed by atoms with Crippen LogP contribution < -0.4 is 25.4 Å². The molecule has 9 heteroatoms. The van der Waals surface area contributed by atoms with Gasteiger partial charge in [-0.15, -0.1) is 0 Å². The second kappa shape index (κ2) is 9.79. The largest absolute Gasteiger partial charge is 0.493 e. The Labute approximate surface area is 158 Å². The van der Waals surface area contributed by atoms with Crippen molar-refractivity contribution in [3.8, 4) is 11.5 Å². The number of likely N-dealkylation sites (N-methyl/N-ethyl adjacent to an activating group) is 1. The van der Waals surface area contributed by atoms with Gasteiger partial charge in [0.05, 0.1) is 31.7 Å². The SMILES string of the molecule is C=CC(=O)Nc1cc(OC(N)=O)c(OC)cc1N(C)CCN1CCOCC1. The minimum absolute atomic E-state index is 0.120. The van der Waals surface area contributed by atoms with Crippen LogP contribution in [0.15, 0.2) is 24.8 Å². The molecule has 1 fully saturated rings. The maximum Gasteiger partial charge on any atom is 0.410 e. The topological polar surface area (TPSA) is 106 Å². The molecule has 9 nitrogen and oxygen atoms in total. The Balaban J connectivity index is 2.25. The molecule has 0 radical (unpaired) electrons. The summed E-state index contributed by atoms with van der Waals surface area (Å²) >= 11 is 0. The molecule has 148 valence electrons. The molecule has 1 heterocycles. The van der Waals surface area contributed by atoms with Gasteiger partial charge in [0.25, 0.3) is 0 Å². The predicted molar refractivity (Wildman–Crippen MR) is 103 cm³/mol. The molecule has 0 aromatic heterocycles. The molecule has 1 saturated heterocycles. The van der Waals surface area contributed by atoms with Crippen molar-refractivity contribution >= 4 is 23.4 Å². The highest BCUT2D eigenvalue weighted by Crippen LogP contribution is 2.38. The number of benzene rings is 1. The number of morpholine rings is 1. The van der Waals surface area contributed by atoms with Crippen molar-refractivity contribution in [2.75, 3.05) is 63.8 Å². The van der Waals surface area contributed by atoms with Gasteiger partial charge in [-0.2, -0.15) is 0 Å². The Morgan fingerprint density at radius 1 is 1.37 bits per heavy atom. The lowest BCUT2D eigenvalue weighted by molar-refractivity contribution is -0.111. The molecule has 0 aliphatic carbocycles. The zero-order chi connectivity index (χ0) is 19.8. The average molecular weight is 378 g/mol. The van der Waals surface area contributed by atoms with Crippen molar-refractivity contribution in [1.82, 2.24) is 4.90 Å². The summed E-state index contributed by atoms with van der Waals surface area (Å²) in [5, 5.41) is 2.72. The fourth-order valence-electron chi connectivity index (χ4n) is 2.73. The van der Waals surface area contributed by atoms with Gasteiger partial charge in [0.15, 0.2) is 11.5 Å². The number of nitrogens with one attached hydrogen (secondary N) is 1. The van der Waals surface area contributed by atoms with Crippen molar-refractivity contribution in [1.29, 1.82) is 0 Å². The van der Waals surface area contributed by atoms with Crippen LogP contribution in [-0.2, 0) is 9.53 Å². The predicted octanol–water partition coefficient (Wildman–Crippen LogP) is 1.05. The molecule has 1 aromatic rings. The molecule has 0 unspecified atom stereocenters. The third kappa shape index (κ3) is 5.87. The molecule has 3 N–H and O–H groups in total. The van der Waals surface area contributed by atoms with Crippen LogP contribution in [0.3, 0.4) is 0 Å². The summed E-state index contributed by atoms with van der Waals surface area (Å²) in [6.45, 7) is 8.27. The van der Waals surface area contributed by atoms with E-state index in [-0.39, 0.29) is 11.7 Å². The van der Waals surface area contributed by atoms with Crippen LogP contribution in [0.4, 0.5) is 16.2 Å². The minimum atomic E-state index is -0.970. The fourth-order valence-corrected chi connectivity index (χ4v) is 2.73. The molecule has 27 heavy (non-hydrogen) atoms. The molecule has 0 bridgehead atoms. The van der Waals surface area contributed by atoms with Gasteiger partial charge in [0.1, 0.15) is 0 Å². The van der Waals surface area contributed by atoms with Gasteiger partial charge in [0.2, 0.25) is 5.91 Å². The number of primary amides is 1. The summed E-state index contributed by atoms with van der Waals surface area (Å²) in [6.07, 6.45) is 0.193. The number of carbonyl (C=O) groups is 2. The van der Waals surface area contributed by atoms with Gasteiger partial charge in [-0.25, -0.2) is 4.79 Å². The third-order valence-electron chi connectivity index (χ3n) is 4.20. The molecular weight excluding hydrogens is 352 g/mol. The standard InChI is InChI=1S/C18H26N4O5/c1-4-17(23)20-13-11-16(27-18(19)24)15(25-3)12-14(13)21(2)5-6-22-7-9-26-10-8-22/h4,11-12H,1,5-10H2,2-3H3,(H2,19,24)(H,20,23). The molecule has 2 rings (SSSR count). The van der Waals surface area contributed by atoms with Crippen LogP contribution in [0.5, 0.6) is 11.5 Å². The molecule has 1 aliphatic rings. The third-order valence-corrected chi connectivity index (χ3v) is 4.20. The van der Waals surface area contributed by atoms with E-state index in [9.17, 15) is 9.59 Å². The molecule has 1 aromatic carbocycles. The summed E-state index contributed by atoms with van der Waals surface area (Å²) in [5.41, 5.74) is 6.28. The number of nitrogens with zero attached hydrogens (tertiary/aromatic N) is 2. The normalized spacial score (nSPS) is 14.3. The first-order valence-corrected chi connectivity index (χ1v) is 8.58. The highest BCUT2D eigenvalue weighted by molar-refractivity contribution is 6.01. The van der Waals surface area contributed by atoms with Gasteiger partial charge in [0, 0.05) is 45.4 Å². The van der Waals surface area contributed by atoms with E-state index in [1.54, 1.807) is 6.07 Å². The molecular formula is C18H26N4O5. The fraction of sp³-hybridized carbons (Fsp3) is 0.444. The first-order chi connectivity index (χ1) is 12.9. The number of amides is 2. The summed E-state index contributed by atoms with van der Waals surface area (Å²) in [6, 6.07) is 3.20. The maximum atomic E-state index is 11.8. The summed E-state index contributed by atoms with van der Waals surface area (Å²) in [7, 11) is 3.37. The summed E-state index contributed by atoms with van der Waals surface area (Å²) in [4.78, 5) is 27.3. The number of ether oxygens (including phenoxy) is 3. The lowest BCUT2D eigenvalue weighted by Crippen LogP contribution is -2.40. The van der Waals surface area contributed by atoms with Crippen LogP contribution in [0.25, 0.3) is 0 Å². The number of methoxy groups -OCH3 is 1. The highest BCUT2D eigenvalue weighted by Gasteiger charge is 2.18. The number of carbonyl (C=O) groups excluding carboxylic acids is 2. The summed E-state index contributed by atoms with van der Waals surface area (Å²) < 4.78 is 15.6. The Kier molecular flexibility index (Phi) is 7.44. The first-order valence-electron chi connectivity index (χ1n) is 8.58. The van der Waals surface area contributed by atoms with Gasteiger partial charge in [-0.1, -0.05) is 6.58 Å². The number of hydrogen-bond acceptors (Lipinski definition) is 7. The molecule has 0 saturated carbocycles. The van der Waals surface area contributed by atoms with E-state index in [0.29, 0.717) is 17.1 Å². The second-order valence-electron chi connectivity index (χ2n) is 6.01. The lowest BCUT2D eigenvalue weighted by Gasteiger charge is -2.30. The zero-order valence-corrected chi connectivity index (χ0v) is 15.7. The van der Waals surface area contributed by atoms with Crippen LogP contribution in [0.2, 0.25) is 0 Å². The van der Waals surface area contributed by atoms with Gasteiger partial charge >= 0.3 is 6.09 Å². The van der Waals surface area contributed by atoms with Crippen molar-refractivity contribution in [2.24, 2.45) is 5.73 Å². The van der Waals surface area contributed by atoms with Gasteiger partial charge in [-0.05, 0) is 6.08 Å². The van der Waals surface area contributed by atoms with Crippen molar-refractivity contribution in [3.63, 3.8) is 0 Å².